The Labute approximate surface area is 164 Å². The van der Waals surface area contributed by atoms with E-state index in [2.05, 4.69) is 12.1 Å². The Morgan fingerprint density at radius 3 is 2.52 bits per heavy atom. The van der Waals surface area contributed by atoms with Crippen molar-refractivity contribution in [2.24, 2.45) is 5.92 Å². The van der Waals surface area contributed by atoms with Gasteiger partial charge in [-0.15, -0.1) is 0 Å². The molecule has 0 N–H and O–H groups in total. The van der Waals surface area contributed by atoms with Crippen molar-refractivity contribution in [2.75, 3.05) is 20.2 Å². The summed E-state index contributed by atoms with van der Waals surface area (Å²) in [6.45, 7) is 4.08. The fourth-order valence-electron chi connectivity index (χ4n) is 3.67. The molecule has 0 atom stereocenters. The first-order valence-electron chi connectivity index (χ1n) is 9.62. The van der Waals surface area contributed by atoms with E-state index in [1.54, 1.807) is 11.7 Å². The second-order valence-corrected chi connectivity index (χ2v) is 8.08. The van der Waals surface area contributed by atoms with Crippen molar-refractivity contribution in [3.05, 3.63) is 50.6 Å². The van der Waals surface area contributed by atoms with E-state index in [9.17, 15) is 9.59 Å². The minimum absolute atomic E-state index is 0.0255. The normalized spacial score (nSPS) is 15.1. The standard InChI is InChI=1S/C21H28N2O3S/c1-16-15-27-21(25)23(16)14-11-20(24)22-12-9-18(10-13-22)4-3-17-5-7-19(26-2)8-6-17/h5-8,15,18H,3-4,9-14H2,1-2H3. The number of ether oxygens (including phenoxy) is 1. The van der Waals surface area contributed by atoms with E-state index in [4.69, 9.17) is 4.74 Å². The minimum atomic E-state index is 0.0255. The topological polar surface area (TPSA) is 51.5 Å². The molecule has 1 aromatic heterocycles. The lowest BCUT2D eigenvalue weighted by Gasteiger charge is -2.32. The lowest BCUT2D eigenvalue weighted by atomic mass is 9.90. The monoisotopic (exact) mass is 388 g/mol. The summed E-state index contributed by atoms with van der Waals surface area (Å²) in [6.07, 6.45) is 4.79. The summed E-state index contributed by atoms with van der Waals surface area (Å²) in [5.74, 6) is 1.74. The van der Waals surface area contributed by atoms with Crippen LogP contribution in [0.3, 0.4) is 0 Å². The number of aryl methyl sites for hydroxylation is 2. The van der Waals surface area contributed by atoms with Crippen molar-refractivity contribution in [1.82, 2.24) is 9.47 Å². The largest absolute Gasteiger partial charge is 0.497 e. The van der Waals surface area contributed by atoms with Crippen molar-refractivity contribution in [2.45, 2.75) is 45.6 Å². The third kappa shape index (κ3) is 5.22. The van der Waals surface area contributed by atoms with Gasteiger partial charge in [-0.05, 0) is 56.2 Å². The van der Waals surface area contributed by atoms with Crippen LogP contribution in [0, 0.1) is 12.8 Å². The van der Waals surface area contributed by atoms with Gasteiger partial charge in [-0.25, -0.2) is 0 Å². The number of carbonyl (C=O) groups excluding carboxylic acids is 1. The van der Waals surface area contributed by atoms with Gasteiger partial charge < -0.3 is 14.2 Å². The summed E-state index contributed by atoms with van der Waals surface area (Å²) in [6, 6.07) is 8.28. The van der Waals surface area contributed by atoms with E-state index < -0.39 is 0 Å². The molecule has 5 nitrogen and oxygen atoms in total. The Balaban J connectivity index is 1.40. The van der Waals surface area contributed by atoms with Crippen LogP contribution < -0.4 is 9.61 Å². The van der Waals surface area contributed by atoms with Crippen molar-refractivity contribution < 1.29 is 9.53 Å². The van der Waals surface area contributed by atoms with Crippen LogP contribution in [0.4, 0.5) is 0 Å². The summed E-state index contributed by atoms with van der Waals surface area (Å²) >= 11 is 1.20. The molecule has 3 rings (SSSR count). The molecule has 0 aliphatic carbocycles. The van der Waals surface area contributed by atoms with Gasteiger partial charge in [0.05, 0.1) is 7.11 Å². The van der Waals surface area contributed by atoms with Crippen LogP contribution in [0.15, 0.2) is 34.4 Å². The van der Waals surface area contributed by atoms with Gasteiger partial charge in [0.1, 0.15) is 5.75 Å². The average Bonchev–Trinajstić information content (AvgIpc) is 3.03. The fraction of sp³-hybridized carbons (Fsp3) is 0.524. The van der Waals surface area contributed by atoms with Crippen LogP contribution in [-0.4, -0.2) is 35.6 Å². The number of amides is 1. The zero-order valence-corrected chi connectivity index (χ0v) is 17.0. The number of hydrogen-bond donors (Lipinski definition) is 0. The molecule has 1 saturated heterocycles. The van der Waals surface area contributed by atoms with Gasteiger partial charge in [0.15, 0.2) is 0 Å². The van der Waals surface area contributed by atoms with E-state index in [0.717, 1.165) is 50.2 Å². The smallest absolute Gasteiger partial charge is 0.307 e. The number of piperidine rings is 1. The molecule has 146 valence electrons. The highest BCUT2D eigenvalue weighted by atomic mass is 32.1. The maximum Gasteiger partial charge on any atom is 0.307 e. The number of likely N-dealkylation sites (tertiary alicyclic amines) is 1. The van der Waals surface area contributed by atoms with Crippen LogP contribution >= 0.6 is 11.3 Å². The van der Waals surface area contributed by atoms with E-state index in [1.807, 2.05) is 29.3 Å². The van der Waals surface area contributed by atoms with Gasteiger partial charge in [-0.2, -0.15) is 0 Å². The highest BCUT2D eigenvalue weighted by molar-refractivity contribution is 7.07. The number of benzene rings is 1. The Morgan fingerprint density at radius 2 is 1.93 bits per heavy atom. The van der Waals surface area contributed by atoms with Crippen molar-refractivity contribution in [3.8, 4) is 5.75 Å². The molecular formula is C21H28N2O3S. The molecule has 2 heterocycles. The number of rotatable bonds is 7. The van der Waals surface area contributed by atoms with Gasteiger partial charge >= 0.3 is 4.87 Å². The lowest BCUT2D eigenvalue weighted by Crippen LogP contribution is -2.39. The highest BCUT2D eigenvalue weighted by Gasteiger charge is 2.22. The summed E-state index contributed by atoms with van der Waals surface area (Å²) in [7, 11) is 1.68. The minimum Gasteiger partial charge on any atom is -0.497 e. The molecule has 0 radical (unpaired) electrons. The molecule has 6 heteroatoms. The molecule has 2 aromatic rings. The first-order chi connectivity index (χ1) is 13.1. The predicted molar refractivity (Wildman–Crippen MR) is 109 cm³/mol. The molecule has 0 bridgehead atoms. The number of thiazole rings is 1. The Morgan fingerprint density at radius 1 is 1.22 bits per heavy atom. The molecule has 0 unspecified atom stereocenters. The Kier molecular flexibility index (Phi) is 6.72. The van der Waals surface area contributed by atoms with Crippen LogP contribution in [0.1, 0.15) is 36.9 Å². The van der Waals surface area contributed by atoms with Crippen LogP contribution in [0.5, 0.6) is 5.75 Å². The van der Waals surface area contributed by atoms with E-state index >= 15 is 0 Å². The second kappa shape index (κ2) is 9.22. The summed E-state index contributed by atoms with van der Waals surface area (Å²) < 4.78 is 6.90. The summed E-state index contributed by atoms with van der Waals surface area (Å²) in [5.41, 5.74) is 2.28. The zero-order chi connectivity index (χ0) is 19.2. The van der Waals surface area contributed by atoms with Crippen molar-refractivity contribution >= 4 is 17.2 Å². The van der Waals surface area contributed by atoms with Crippen molar-refractivity contribution in [3.63, 3.8) is 0 Å². The fourth-order valence-corrected chi connectivity index (χ4v) is 4.44. The molecule has 0 spiro atoms. The van der Waals surface area contributed by atoms with Crippen LogP contribution in [0.2, 0.25) is 0 Å². The van der Waals surface area contributed by atoms with Gasteiger partial charge in [-0.3, -0.25) is 9.59 Å². The zero-order valence-electron chi connectivity index (χ0n) is 16.1. The maximum atomic E-state index is 12.5. The van der Waals surface area contributed by atoms with Gasteiger partial charge in [-0.1, -0.05) is 23.5 Å². The first kappa shape index (κ1) is 19.7. The predicted octanol–water partition coefficient (Wildman–Crippen LogP) is 3.49. The first-order valence-corrected chi connectivity index (χ1v) is 10.5. The molecule has 1 fully saturated rings. The average molecular weight is 389 g/mol. The van der Waals surface area contributed by atoms with E-state index in [0.29, 0.717) is 18.9 Å². The Hall–Kier alpha value is -2.08. The number of methoxy groups -OCH3 is 1. The van der Waals surface area contributed by atoms with Gasteiger partial charge in [0.2, 0.25) is 5.91 Å². The second-order valence-electron chi connectivity index (χ2n) is 7.26. The molecular weight excluding hydrogens is 360 g/mol. The molecule has 1 amide bonds. The summed E-state index contributed by atoms with van der Waals surface area (Å²) in [4.78, 5) is 26.2. The number of nitrogens with zero attached hydrogens (tertiary/aromatic N) is 2. The van der Waals surface area contributed by atoms with Crippen LogP contribution in [-0.2, 0) is 17.8 Å². The molecule has 0 saturated carbocycles. The lowest BCUT2D eigenvalue weighted by molar-refractivity contribution is -0.132. The number of carbonyl (C=O) groups is 1. The van der Waals surface area contributed by atoms with Crippen molar-refractivity contribution in [1.29, 1.82) is 0 Å². The van der Waals surface area contributed by atoms with E-state index in [1.165, 1.54) is 16.9 Å². The summed E-state index contributed by atoms with van der Waals surface area (Å²) in [5, 5.41) is 1.85. The van der Waals surface area contributed by atoms with Gasteiger partial charge in [0, 0.05) is 37.1 Å². The third-order valence-corrected chi connectivity index (χ3v) is 6.37. The SMILES string of the molecule is COc1ccc(CCC2CCN(C(=O)CCn3c(C)csc3=O)CC2)cc1. The maximum absolute atomic E-state index is 12.5. The molecule has 27 heavy (non-hydrogen) atoms. The number of hydrogen-bond acceptors (Lipinski definition) is 4. The molecule has 1 aliphatic heterocycles. The highest BCUT2D eigenvalue weighted by Crippen LogP contribution is 2.23. The number of aromatic nitrogens is 1. The quantitative estimate of drug-likeness (QED) is 0.730. The molecule has 1 aliphatic rings. The third-order valence-electron chi connectivity index (χ3n) is 5.49. The Bertz CT molecular complexity index is 802. The van der Waals surface area contributed by atoms with E-state index in [-0.39, 0.29) is 10.8 Å². The van der Waals surface area contributed by atoms with Crippen LogP contribution in [0.25, 0.3) is 0 Å². The van der Waals surface area contributed by atoms with Gasteiger partial charge in [0.25, 0.3) is 0 Å². The molecule has 1 aromatic carbocycles.